The molecule has 1 unspecified atom stereocenters. The molecule has 1 aromatic carbocycles. The van der Waals surface area contributed by atoms with E-state index in [-0.39, 0.29) is 0 Å². The van der Waals surface area contributed by atoms with Gasteiger partial charge in [0.25, 0.3) is 0 Å². The third-order valence-corrected chi connectivity index (χ3v) is 5.04. The van der Waals surface area contributed by atoms with E-state index in [0.717, 1.165) is 48.7 Å². The molecule has 0 radical (unpaired) electrons. The van der Waals surface area contributed by atoms with Crippen LogP contribution in [0.25, 0.3) is 16.9 Å². The second-order valence-electron chi connectivity index (χ2n) is 6.68. The van der Waals surface area contributed by atoms with E-state index < -0.39 is 0 Å². The number of hydrogen-bond acceptors (Lipinski definition) is 4. The van der Waals surface area contributed by atoms with Crippen molar-refractivity contribution >= 4 is 5.65 Å². The Morgan fingerprint density at radius 1 is 1.08 bits per heavy atom. The lowest BCUT2D eigenvalue weighted by Gasteiger charge is -2.23. The van der Waals surface area contributed by atoms with Gasteiger partial charge < -0.3 is 9.72 Å². The van der Waals surface area contributed by atoms with Gasteiger partial charge in [-0.3, -0.25) is 0 Å². The van der Waals surface area contributed by atoms with Gasteiger partial charge in [0.15, 0.2) is 0 Å². The quantitative estimate of drug-likeness (QED) is 0.618. The van der Waals surface area contributed by atoms with Crippen molar-refractivity contribution in [1.82, 2.24) is 29.5 Å². The van der Waals surface area contributed by atoms with Crippen molar-refractivity contribution in [2.45, 2.75) is 32.0 Å². The van der Waals surface area contributed by atoms with Crippen molar-refractivity contribution in [2.75, 3.05) is 0 Å². The molecule has 1 N–H and O–H groups in total. The molecule has 0 spiro atoms. The lowest BCUT2D eigenvalue weighted by atomic mass is 10.1. The van der Waals surface area contributed by atoms with Crippen LogP contribution in [0.2, 0.25) is 0 Å². The smallest absolute Gasteiger partial charge is 0.138 e. The first kappa shape index (κ1) is 15.3. The van der Waals surface area contributed by atoms with Crippen LogP contribution in [0, 0.1) is 0 Å². The van der Waals surface area contributed by atoms with Gasteiger partial charge >= 0.3 is 0 Å². The highest BCUT2D eigenvalue weighted by Gasteiger charge is 2.21. The second-order valence-corrected chi connectivity index (χ2v) is 6.68. The fourth-order valence-electron chi connectivity index (χ4n) is 3.69. The Bertz CT molecular complexity index is 1030. The van der Waals surface area contributed by atoms with E-state index in [2.05, 4.69) is 62.4 Å². The van der Waals surface area contributed by atoms with E-state index >= 15 is 0 Å². The van der Waals surface area contributed by atoms with Crippen molar-refractivity contribution in [3.8, 4) is 11.3 Å². The van der Waals surface area contributed by atoms with Crippen LogP contribution >= 0.6 is 0 Å². The molecule has 4 heterocycles. The number of imidazole rings is 1. The molecular formula is C20H20N6. The van der Waals surface area contributed by atoms with Gasteiger partial charge in [-0.25, -0.2) is 14.6 Å². The van der Waals surface area contributed by atoms with Crippen LogP contribution in [0.3, 0.4) is 0 Å². The minimum atomic E-state index is 0.391. The number of aromatic nitrogens is 5. The van der Waals surface area contributed by atoms with Crippen LogP contribution in [0.4, 0.5) is 0 Å². The van der Waals surface area contributed by atoms with E-state index in [0.29, 0.717) is 6.04 Å². The Hall–Kier alpha value is -2.99. The first-order valence-corrected chi connectivity index (χ1v) is 9.00. The first-order valence-electron chi connectivity index (χ1n) is 9.00. The molecule has 130 valence electrons. The van der Waals surface area contributed by atoms with Gasteiger partial charge in [-0.1, -0.05) is 36.4 Å². The number of nitrogens with zero attached hydrogens (tertiary/aromatic N) is 5. The lowest BCUT2D eigenvalue weighted by molar-refractivity contribution is 0.356. The zero-order valence-electron chi connectivity index (χ0n) is 14.4. The van der Waals surface area contributed by atoms with E-state index in [1.165, 1.54) is 5.69 Å². The molecule has 4 aromatic rings. The van der Waals surface area contributed by atoms with Crippen molar-refractivity contribution < 1.29 is 0 Å². The van der Waals surface area contributed by atoms with E-state index in [1.807, 2.05) is 16.8 Å². The van der Waals surface area contributed by atoms with E-state index in [1.54, 1.807) is 6.33 Å². The van der Waals surface area contributed by atoms with Gasteiger partial charge in [-0.2, -0.15) is 5.10 Å². The van der Waals surface area contributed by atoms with Crippen LogP contribution in [-0.2, 0) is 19.5 Å². The SMILES string of the molecule is c1ccc(-c2nc3ccccn3c2CNC2CCc3ncnn3C2)cc1. The molecule has 6 nitrogen and oxygen atoms in total. The predicted octanol–water partition coefficient (Wildman–Crippen LogP) is 2.70. The number of aryl methyl sites for hydroxylation is 1. The number of benzene rings is 1. The standard InChI is InChI=1S/C20H20N6/c1-2-6-15(7-3-1)20-17(25-11-5-4-8-19(25)24-20)12-21-16-9-10-18-22-14-23-26(18)13-16/h1-8,11,14,16,21H,9-10,12-13H2. The molecule has 1 atom stereocenters. The Kier molecular flexibility index (Phi) is 3.75. The van der Waals surface area contributed by atoms with E-state index in [4.69, 9.17) is 4.98 Å². The summed E-state index contributed by atoms with van der Waals surface area (Å²) in [6, 6.07) is 16.9. The molecule has 1 aliphatic heterocycles. The van der Waals surface area contributed by atoms with Crippen molar-refractivity contribution in [3.63, 3.8) is 0 Å². The number of hydrogen-bond donors (Lipinski definition) is 1. The summed E-state index contributed by atoms with van der Waals surface area (Å²) in [5.74, 6) is 1.09. The van der Waals surface area contributed by atoms with Crippen molar-refractivity contribution in [1.29, 1.82) is 0 Å². The summed E-state index contributed by atoms with van der Waals surface area (Å²) in [5, 5.41) is 8.02. The first-order chi connectivity index (χ1) is 12.9. The maximum atomic E-state index is 4.87. The molecule has 0 fully saturated rings. The van der Waals surface area contributed by atoms with Crippen LogP contribution < -0.4 is 5.32 Å². The molecule has 6 heteroatoms. The molecule has 0 bridgehead atoms. The normalized spacial score (nSPS) is 16.7. The Morgan fingerprint density at radius 3 is 2.88 bits per heavy atom. The summed E-state index contributed by atoms with van der Waals surface area (Å²) in [6.07, 6.45) is 5.78. The monoisotopic (exact) mass is 344 g/mol. The van der Waals surface area contributed by atoms with Gasteiger partial charge in [-0.15, -0.1) is 0 Å². The lowest BCUT2D eigenvalue weighted by Crippen LogP contribution is -2.37. The number of fused-ring (bicyclic) bond motifs is 2. The minimum absolute atomic E-state index is 0.391. The Balaban J connectivity index is 1.45. The maximum absolute atomic E-state index is 4.87. The minimum Gasteiger partial charge on any atom is -0.306 e. The van der Waals surface area contributed by atoms with Gasteiger partial charge in [0, 0.05) is 30.8 Å². The summed E-state index contributed by atoms with van der Waals surface area (Å²) in [4.78, 5) is 9.18. The number of rotatable bonds is 4. The molecule has 0 amide bonds. The largest absolute Gasteiger partial charge is 0.306 e. The molecule has 0 saturated heterocycles. The molecule has 3 aromatic heterocycles. The fourth-order valence-corrected chi connectivity index (χ4v) is 3.69. The van der Waals surface area contributed by atoms with Crippen molar-refractivity contribution in [3.05, 3.63) is 72.6 Å². The zero-order valence-corrected chi connectivity index (χ0v) is 14.4. The Morgan fingerprint density at radius 2 is 1.96 bits per heavy atom. The highest BCUT2D eigenvalue weighted by molar-refractivity contribution is 5.66. The average Bonchev–Trinajstić information content (AvgIpc) is 3.31. The third kappa shape index (κ3) is 2.68. The number of nitrogens with one attached hydrogen (secondary N) is 1. The Labute approximate surface area is 151 Å². The van der Waals surface area contributed by atoms with Gasteiger partial charge in [0.05, 0.1) is 17.9 Å². The zero-order chi connectivity index (χ0) is 17.3. The molecular weight excluding hydrogens is 324 g/mol. The summed E-state index contributed by atoms with van der Waals surface area (Å²) in [5.41, 5.74) is 4.36. The fraction of sp³-hybridized carbons (Fsp3) is 0.250. The second kappa shape index (κ2) is 6.38. The third-order valence-electron chi connectivity index (χ3n) is 5.04. The average molecular weight is 344 g/mol. The predicted molar refractivity (Wildman–Crippen MR) is 99.6 cm³/mol. The van der Waals surface area contributed by atoms with Crippen LogP contribution in [0.15, 0.2) is 61.1 Å². The molecule has 1 aliphatic rings. The van der Waals surface area contributed by atoms with Crippen LogP contribution in [0.1, 0.15) is 17.9 Å². The summed E-state index contributed by atoms with van der Waals surface area (Å²) >= 11 is 0. The van der Waals surface area contributed by atoms with Crippen LogP contribution in [0.5, 0.6) is 0 Å². The van der Waals surface area contributed by atoms with Crippen LogP contribution in [-0.4, -0.2) is 30.2 Å². The topological polar surface area (TPSA) is 60.0 Å². The molecule has 5 rings (SSSR count). The molecule has 0 saturated carbocycles. The highest BCUT2D eigenvalue weighted by atomic mass is 15.3. The van der Waals surface area contributed by atoms with Crippen molar-refractivity contribution in [2.24, 2.45) is 0 Å². The summed E-state index contributed by atoms with van der Waals surface area (Å²) in [7, 11) is 0. The van der Waals surface area contributed by atoms with Gasteiger partial charge in [0.2, 0.25) is 0 Å². The van der Waals surface area contributed by atoms with E-state index in [9.17, 15) is 0 Å². The molecule has 26 heavy (non-hydrogen) atoms. The summed E-state index contributed by atoms with van der Waals surface area (Å²) < 4.78 is 4.19. The maximum Gasteiger partial charge on any atom is 0.138 e. The van der Waals surface area contributed by atoms with Gasteiger partial charge in [0.1, 0.15) is 17.8 Å². The summed E-state index contributed by atoms with van der Waals surface area (Å²) in [6.45, 7) is 1.64. The highest BCUT2D eigenvalue weighted by Crippen LogP contribution is 2.24. The number of pyridine rings is 1. The van der Waals surface area contributed by atoms with Gasteiger partial charge in [-0.05, 0) is 18.6 Å². The molecule has 0 aliphatic carbocycles.